The summed E-state index contributed by atoms with van der Waals surface area (Å²) in [5, 5.41) is 28.2. The fourth-order valence-corrected chi connectivity index (χ4v) is 1.65. The van der Waals surface area contributed by atoms with E-state index in [-0.39, 0.29) is 17.8 Å². The molecule has 2 aromatic rings. The molecule has 0 aliphatic rings. The lowest BCUT2D eigenvalue weighted by Gasteiger charge is -2.07. The van der Waals surface area contributed by atoms with Gasteiger partial charge in [0.25, 0.3) is 0 Å². The number of hydrogen-bond acceptors (Lipinski definition) is 4. The van der Waals surface area contributed by atoms with Crippen molar-refractivity contribution in [3.63, 3.8) is 0 Å². The fraction of sp³-hybridized carbons (Fsp3) is 0.0714. The lowest BCUT2D eigenvalue weighted by molar-refractivity contribution is 0.0992. The highest BCUT2D eigenvalue weighted by atomic mass is 16.3. The molecule has 18 heavy (non-hydrogen) atoms. The van der Waals surface area contributed by atoms with Crippen LogP contribution >= 0.6 is 0 Å². The second-order valence-electron chi connectivity index (χ2n) is 3.91. The predicted molar refractivity (Wildman–Crippen MR) is 65.9 cm³/mol. The molecule has 0 spiro atoms. The molecule has 0 unspecified atom stereocenters. The molecular weight excluding hydrogens is 232 g/mol. The van der Waals surface area contributed by atoms with Crippen molar-refractivity contribution in [1.82, 2.24) is 0 Å². The van der Waals surface area contributed by atoms with Crippen molar-refractivity contribution < 1.29 is 20.1 Å². The summed E-state index contributed by atoms with van der Waals surface area (Å²) >= 11 is 0. The van der Waals surface area contributed by atoms with Gasteiger partial charge in [-0.15, -0.1) is 0 Å². The highest BCUT2D eigenvalue weighted by Gasteiger charge is 2.14. The quantitative estimate of drug-likeness (QED) is 0.571. The van der Waals surface area contributed by atoms with Crippen molar-refractivity contribution in [3.05, 3.63) is 53.6 Å². The van der Waals surface area contributed by atoms with Gasteiger partial charge in [-0.2, -0.15) is 0 Å². The van der Waals surface area contributed by atoms with Gasteiger partial charge in [0, 0.05) is 17.5 Å². The molecule has 0 bridgehead atoms. The molecule has 0 aromatic heterocycles. The Morgan fingerprint density at radius 1 is 0.889 bits per heavy atom. The molecule has 0 radical (unpaired) electrons. The summed E-state index contributed by atoms with van der Waals surface area (Å²) in [6.07, 6.45) is -0.0380. The van der Waals surface area contributed by atoms with Gasteiger partial charge in [-0.05, 0) is 6.07 Å². The first-order valence-corrected chi connectivity index (χ1v) is 5.40. The maximum atomic E-state index is 11.9. The molecule has 0 amide bonds. The molecule has 0 saturated carbocycles. The van der Waals surface area contributed by atoms with Crippen LogP contribution in [0, 0.1) is 0 Å². The molecule has 0 saturated heterocycles. The normalized spacial score (nSPS) is 10.2. The van der Waals surface area contributed by atoms with Crippen LogP contribution in [0.1, 0.15) is 15.9 Å². The molecule has 0 atom stereocenters. The summed E-state index contributed by atoms with van der Waals surface area (Å²) in [5.41, 5.74) is 0.809. The van der Waals surface area contributed by atoms with Gasteiger partial charge in [0.2, 0.25) is 5.75 Å². The number of aromatic hydroxyl groups is 3. The molecule has 3 N–H and O–H groups in total. The fourth-order valence-electron chi connectivity index (χ4n) is 1.65. The van der Waals surface area contributed by atoms with E-state index in [0.29, 0.717) is 5.56 Å². The van der Waals surface area contributed by atoms with Crippen LogP contribution in [0.15, 0.2) is 42.5 Å². The second kappa shape index (κ2) is 4.79. The monoisotopic (exact) mass is 244 g/mol. The third-order valence-electron chi connectivity index (χ3n) is 2.66. The lowest BCUT2D eigenvalue weighted by Crippen LogP contribution is -2.03. The summed E-state index contributed by atoms with van der Waals surface area (Å²) < 4.78 is 0. The predicted octanol–water partition coefficient (Wildman–Crippen LogP) is 2.23. The van der Waals surface area contributed by atoms with E-state index < -0.39 is 17.2 Å². The van der Waals surface area contributed by atoms with Crippen molar-refractivity contribution in [3.8, 4) is 17.2 Å². The first-order valence-electron chi connectivity index (χ1n) is 5.40. The van der Waals surface area contributed by atoms with E-state index >= 15 is 0 Å². The third kappa shape index (κ3) is 2.27. The van der Waals surface area contributed by atoms with Crippen LogP contribution in [0.25, 0.3) is 0 Å². The Balaban J connectivity index is 2.26. The van der Waals surface area contributed by atoms with Crippen LogP contribution in [0.2, 0.25) is 0 Å². The highest BCUT2D eigenvalue weighted by Crippen LogP contribution is 2.37. The van der Waals surface area contributed by atoms with Crippen LogP contribution < -0.4 is 0 Å². The van der Waals surface area contributed by atoms with E-state index in [9.17, 15) is 20.1 Å². The number of Topliss-reactive ketones (excluding diaryl/α,β-unsaturated/α-hetero) is 1. The van der Waals surface area contributed by atoms with E-state index in [2.05, 4.69) is 0 Å². The van der Waals surface area contributed by atoms with E-state index in [1.165, 1.54) is 12.1 Å². The number of ketones is 1. The molecule has 0 aliphatic carbocycles. The Hall–Kier alpha value is -2.49. The molecule has 2 rings (SSSR count). The van der Waals surface area contributed by atoms with Crippen molar-refractivity contribution in [2.75, 3.05) is 0 Å². The van der Waals surface area contributed by atoms with Gasteiger partial charge < -0.3 is 15.3 Å². The van der Waals surface area contributed by atoms with Crippen molar-refractivity contribution in [2.45, 2.75) is 6.42 Å². The number of rotatable bonds is 3. The zero-order valence-electron chi connectivity index (χ0n) is 9.50. The number of benzene rings is 2. The SMILES string of the molecule is O=C(Cc1ccc(O)c(O)c1O)c1ccccc1. The average molecular weight is 244 g/mol. The maximum Gasteiger partial charge on any atom is 0.200 e. The summed E-state index contributed by atoms with van der Waals surface area (Å²) in [4.78, 5) is 11.9. The molecule has 2 aromatic carbocycles. The van der Waals surface area contributed by atoms with Crippen LogP contribution in [0.5, 0.6) is 17.2 Å². The average Bonchev–Trinajstić information content (AvgIpc) is 2.40. The molecule has 4 nitrogen and oxygen atoms in total. The summed E-state index contributed by atoms with van der Waals surface area (Å²) in [5.74, 6) is -1.65. The van der Waals surface area contributed by atoms with E-state index in [4.69, 9.17) is 0 Å². The number of carbonyl (C=O) groups is 1. The first-order chi connectivity index (χ1) is 8.59. The Morgan fingerprint density at radius 2 is 1.56 bits per heavy atom. The molecule has 4 heteroatoms. The third-order valence-corrected chi connectivity index (χ3v) is 2.66. The van der Waals surface area contributed by atoms with E-state index in [1.54, 1.807) is 30.3 Å². The van der Waals surface area contributed by atoms with Crippen LogP contribution in [0.3, 0.4) is 0 Å². The minimum atomic E-state index is -0.603. The van der Waals surface area contributed by atoms with Gasteiger partial charge in [0.05, 0.1) is 0 Å². The van der Waals surface area contributed by atoms with Gasteiger partial charge in [0.15, 0.2) is 17.3 Å². The summed E-state index contributed by atoms with van der Waals surface area (Å²) in [7, 11) is 0. The Morgan fingerprint density at radius 3 is 2.22 bits per heavy atom. The van der Waals surface area contributed by atoms with Gasteiger partial charge in [0.1, 0.15) is 0 Å². The minimum absolute atomic E-state index is 0.0380. The molecule has 0 aliphatic heterocycles. The van der Waals surface area contributed by atoms with Crippen LogP contribution in [0.4, 0.5) is 0 Å². The smallest absolute Gasteiger partial charge is 0.200 e. The Labute approximate surface area is 104 Å². The zero-order valence-corrected chi connectivity index (χ0v) is 9.50. The van der Waals surface area contributed by atoms with Gasteiger partial charge in [-0.1, -0.05) is 36.4 Å². The number of hydrogen-bond donors (Lipinski definition) is 3. The number of phenols is 3. The van der Waals surface area contributed by atoms with Crippen LogP contribution in [-0.4, -0.2) is 21.1 Å². The first kappa shape index (κ1) is 12.0. The van der Waals surface area contributed by atoms with Gasteiger partial charge in [-0.25, -0.2) is 0 Å². The number of carbonyl (C=O) groups excluding carboxylic acids is 1. The second-order valence-corrected chi connectivity index (χ2v) is 3.91. The highest BCUT2D eigenvalue weighted by molar-refractivity contribution is 5.97. The standard InChI is InChI=1S/C14H12O4/c15-11-7-6-10(13(17)14(11)18)8-12(16)9-4-2-1-3-5-9/h1-7,15,17-18H,8H2. The Kier molecular flexibility index (Phi) is 3.19. The largest absolute Gasteiger partial charge is 0.504 e. The maximum absolute atomic E-state index is 11.9. The van der Waals surface area contributed by atoms with Gasteiger partial charge >= 0.3 is 0 Å². The van der Waals surface area contributed by atoms with Crippen LogP contribution in [-0.2, 0) is 6.42 Å². The molecule has 92 valence electrons. The summed E-state index contributed by atoms with van der Waals surface area (Å²) in [6.45, 7) is 0. The van der Waals surface area contributed by atoms with E-state index in [0.717, 1.165) is 0 Å². The molecule has 0 heterocycles. The van der Waals surface area contributed by atoms with Gasteiger partial charge in [-0.3, -0.25) is 4.79 Å². The Bertz CT molecular complexity index is 576. The van der Waals surface area contributed by atoms with Crippen molar-refractivity contribution >= 4 is 5.78 Å². The van der Waals surface area contributed by atoms with Crippen molar-refractivity contribution in [1.29, 1.82) is 0 Å². The molecular formula is C14H12O4. The van der Waals surface area contributed by atoms with E-state index in [1.807, 2.05) is 0 Å². The number of phenolic OH excluding ortho intramolecular Hbond substituents is 3. The minimum Gasteiger partial charge on any atom is -0.504 e. The summed E-state index contributed by atoms with van der Waals surface area (Å²) in [6, 6.07) is 11.3. The molecule has 0 fully saturated rings. The lowest BCUT2D eigenvalue weighted by atomic mass is 10.0. The zero-order chi connectivity index (χ0) is 13.1. The van der Waals surface area contributed by atoms with Crippen molar-refractivity contribution in [2.24, 2.45) is 0 Å². The topological polar surface area (TPSA) is 77.8 Å².